The van der Waals surface area contributed by atoms with Gasteiger partial charge in [-0.05, 0) is 12.1 Å². The van der Waals surface area contributed by atoms with E-state index in [1.165, 1.54) is 15.7 Å². The Labute approximate surface area is 144 Å². The fourth-order valence-electron chi connectivity index (χ4n) is 2.51. The van der Waals surface area contributed by atoms with Gasteiger partial charge < -0.3 is 4.74 Å². The summed E-state index contributed by atoms with van der Waals surface area (Å²) in [6.45, 7) is 3.87. The SMILES string of the molecule is CN(CCC#N)S(=O)(=O)N1CCN(CCOc2ccccc2)CC1. The van der Waals surface area contributed by atoms with Gasteiger partial charge in [0.25, 0.3) is 10.2 Å². The maximum atomic E-state index is 12.4. The van der Waals surface area contributed by atoms with Crippen LogP contribution in [0.3, 0.4) is 0 Å². The van der Waals surface area contributed by atoms with Crippen molar-refractivity contribution in [3.63, 3.8) is 0 Å². The van der Waals surface area contributed by atoms with Crippen LogP contribution >= 0.6 is 0 Å². The van der Waals surface area contributed by atoms with Gasteiger partial charge in [0.05, 0.1) is 6.07 Å². The van der Waals surface area contributed by atoms with Crippen LogP contribution in [0.4, 0.5) is 0 Å². The fourth-order valence-corrected chi connectivity index (χ4v) is 3.85. The van der Waals surface area contributed by atoms with Gasteiger partial charge >= 0.3 is 0 Å². The molecule has 0 saturated carbocycles. The second-order valence-electron chi connectivity index (χ2n) is 5.64. The number of hydrogen-bond donors (Lipinski definition) is 0. The molecular formula is C16H24N4O3S. The third-order valence-electron chi connectivity index (χ3n) is 4.01. The summed E-state index contributed by atoms with van der Waals surface area (Å²) >= 11 is 0. The van der Waals surface area contributed by atoms with E-state index in [1.807, 2.05) is 36.4 Å². The van der Waals surface area contributed by atoms with Crippen molar-refractivity contribution in [2.24, 2.45) is 0 Å². The van der Waals surface area contributed by atoms with Crippen molar-refractivity contribution in [1.29, 1.82) is 5.26 Å². The average Bonchev–Trinajstić information content (AvgIpc) is 2.61. The van der Waals surface area contributed by atoms with Gasteiger partial charge in [-0.15, -0.1) is 0 Å². The Kier molecular flexibility index (Phi) is 6.99. The summed E-state index contributed by atoms with van der Waals surface area (Å²) in [7, 11) is -1.94. The molecule has 8 heteroatoms. The van der Waals surface area contributed by atoms with Crippen molar-refractivity contribution < 1.29 is 13.2 Å². The number of piperazine rings is 1. The summed E-state index contributed by atoms with van der Waals surface area (Å²) in [5.41, 5.74) is 0. The second-order valence-corrected chi connectivity index (χ2v) is 7.68. The molecule has 0 atom stereocenters. The Morgan fingerprint density at radius 1 is 1.21 bits per heavy atom. The van der Waals surface area contributed by atoms with Crippen LogP contribution in [0.25, 0.3) is 0 Å². The van der Waals surface area contributed by atoms with Crippen LogP contribution in [0.15, 0.2) is 30.3 Å². The minimum absolute atomic E-state index is 0.201. The average molecular weight is 352 g/mol. The highest BCUT2D eigenvalue weighted by atomic mass is 32.2. The molecular weight excluding hydrogens is 328 g/mol. The first-order chi connectivity index (χ1) is 11.5. The molecule has 0 N–H and O–H groups in total. The van der Waals surface area contributed by atoms with Crippen LogP contribution in [0, 0.1) is 11.3 Å². The van der Waals surface area contributed by atoms with Crippen molar-refractivity contribution >= 4 is 10.2 Å². The van der Waals surface area contributed by atoms with Gasteiger partial charge in [0.15, 0.2) is 0 Å². The summed E-state index contributed by atoms with van der Waals surface area (Å²) in [6.07, 6.45) is 0.201. The molecule has 1 saturated heterocycles. The molecule has 1 aromatic carbocycles. The lowest BCUT2D eigenvalue weighted by molar-refractivity contribution is 0.155. The normalized spacial score (nSPS) is 16.9. The van der Waals surface area contributed by atoms with Gasteiger partial charge in [0.2, 0.25) is 0 Å². The Morgan fingerprint density at radius 2 is 1.88 bits per heavy atom. The van der Waals surface area contributed by atoms with Crippen LogP contribution in [0.1, 0.15) is 6.42 Å². The van der Waals surface area contributed by atoms with E-state index in [1.54, 1.807) is 0 Å². The quantitative estimate of drug-likeness (QED) is 0.691. The number of benzene rings is 1. The first-order valence-corrected chi connectivity index (χ1v) is 9.42. The highest BCUT2D eigenvalue weighted by Crippen LogP contribution is 2.12. The van der Waals surface area contributed by atoms with E-state index in [4.69, 9.17) is 10.00 Å². The lowest BCUT2D eigenvalue weighted by Gasteiger charge is -2.35. The highest BCUT2D eigenvalue weighted by Gasteiger charge is 2.29. The minimum Gasteiger partial charge on any atom is -0.492 e. The molecule has 2 rings (SSSR count). The van der Waals surface area contributed by atoms with Gasteiger partial charge in [0, 0.05) is 52.7 Å². The van der Waals surface area contributed by atoms with E-state index in [9.17, 15) is 8.42 Å². The highest BCUT2D eigenvalue weighted by molar-refractivity contribution is 7.86. The minimum atomic E-state index is -3.46. The van der Waals surface area contributed by atoms with Crippen molar-refractivity contribution in [2.75, 3.05) is 52.9 Å². The largest absolute Gasteiger partial charge is 0.492 e. The molecule has 0 bridgehead atoms. The fraction of sp³-hybridized carbons (Fsp3) is 0.562. The Morgan fingerprint density at radius 3 is 2.50 bits per heavy atom. The molecule has 0 amide bonds. The maximum Gasteiger partial charge on any atom is 0.281 e. The molecule has 1 aliphatic heterocycles. The van der Waals surface area contributed by atoms with Gasteiger partial charge in [0.1, 0.15) is 12.4 Å². The first kappa shape index (κ1) is 18.7. The smallest absolute Gasteiger partial charge is 0.281 e. The van der Waals surface area contributed by atoms with Crippen LogP contribution < -0.4 is 4.74 Å². The summed E-state index contributed by atoms with van der Waals surface area (Å²) in [5, 5.41) is 8.59. The number of nitrogens with zero attached hydrogens (tertiary/aromatic N) is 4. The third-order valence-corrected chi connectivity index (χ3v) is 6.00. The van der Waals surface area contributed by atoms with Gasteiger partial charge in [-0.3, -0.25) is 4.90 Å². The van der Waals surface area contributed by atoms with E-state index in [-0.39, 0.29) is 13.0 Å². The van der Waals surface area contributed by atoms with E-state index in [2.05, 4.69) is 4.90 Å². The standard InChI is InChI=1S/C16H24N4O3S/c1-18(9-5-8-17)24(21,22)20-12-10-19(11-13-20)14-15-23-16-6-3-2-4-7-16/h2-4,6-7H,5,9-15H2,1H3. The summed E-state index contributed by atoms with van der Waals surface area (Å²) in [5.74, 6) is 0.845. The van der Waals surface area contributed by atoms with Crippen LogP contribution in [-0.2, 0) is 10.2 Å². The van der Waals surface area contributed by atoms with Crippen LogP contribution in [0.2, 0.25) is 0 Å². The molecule has 1 aliphatic rings. The number of hydrogen-bond acceptors (Lipinski definition) is 5. The van der Waals surface area contributed by atoms with Crippen LogP contribution in [0.5, 0.6) is 5.75 Å². The number of nitriles is 1. The molecule has 1 fully saturated rings. The molecule has 0 radical (unpaired) electrons. The van der Waals surface area contributed by atoms with E-state index in [0.717, 1.165) is 12.3 Å². The van der Waals surface area contributed by atoms with Crippen LogP contribution in [-0.4, -0.2) is 74.9 Å². The molecule has 7 nitrogen and oxygen atoms in total. The predicted octanol–water partition coefficient (Wildman–Crippen LogP) is 0.773. The van der Waals surface area contributed by atoms with Crippen molar-refractivity contribution in [2.45, 2.75) is 6.42 Å². The first-order valence-electron chi connectivity index (χ1n) is 8.02. The van der Waals surface area contributed by atoms with Gasteiger partial charge in [-0.1, -0.05) is 18.2 Å². The zero-order valence-electron chi connectivity index (χ0n) is 14.0. The molecule has 132 valence electrons. The monoisotopic (exact) mass is 352 g/mol. The van der Waals surface area contributed by atoms with E-state index in [0.29, 0.717) is 32.8 Å². The second kappa shape index (κ2) is 8.99. The summed E-state index contributed by atoms with van der Waals surface area (Å²) < 4.78 is 33.2. The van der Waals surface area contributed by atoms with Gasteiger partial charge in [-0.25, -0.2) is 0 Å². The summed E-state index contributed by atoms with van der Waals surface area (Å²) in [4.78, 5) is 2.20. The molecule has 0 aromatic heterocycles. The Balaban J connectivity index is 1.74. The molecule has 24 heavy (non-hydrogen) atoms. The molecule has 0 spiro atoms. The Bertz CT molecular complexity index is 637. The zero-order valence-corrected chi connectivity index (χ0v) is 14.8. The lowest BCUT2D eigenvalue weighted by Crippen LogP contribution is -2.52. The van der Waals surface area contributed by atoms with Crippen molar-refractivity contribution in [3.05, 3.63) is 30.3 Å². The number of para-hydroxylation sites is 1. The molecule has 1 aromatic rings. The van der Waals surface area contributed by atoms with E-state index < -0.39 is 10.2 Å². The number of ether oxygens (including phenoxy) is 1. The zero-order chi connectivity index (χ0) is 17.4. The molecule has 1 heterocycles. The molecule has 0 aliphatic carbocycles. The number of rotatable bonds is 8. The summed E-state index contributed by atoms with van der Waals surface area (Å²) in [6, 6.07) is 11.6. The third kappa shape index (κ3) is 5.18. The van der Waals surface area contributed by atoms with Gasteiger partial charge in [-0.2, -0.15) is 22.3 Å². The predicted molar refractivity (Wildman–Crippen MR) is 91.7 cm³/mol. The topological polar surface area (TPSA) is 76.9 Å². The lowest BCUT2D eigenvalue weighted by atomic mass is 10.3. The van der Waals surface area contributed by atoms with E-state index >= 15 is 0 Å². The van der Waals surface area contributed by atoms with Crippen molar-refractivity contribution in [1.82, 2.24) is 13.5 Å². The maximum absolute atomic E-state index is 12.4. The molecule has 0 unspecified atom stereocenters. The Hall–Kier alpha value is -1.66. The van der Waals surface area contributed by atoms with Crippen molar-refractivity contribution in [3.8, 4) is 11.8 Å².